The van der Waals surface area contributed by atoms with Crippen molar-refractivity contribution in [1.29, 1.82) is 0 Å². The molecule has 0 bridgehead atoms. The van der Waals surface area contributed by atoms with E-state index in [0.29, 0.717) is 25.9 Å². The van der Waals surface area contributed by atoms with Crippen molar-refractivity contribution >= 4 is 29.4 Å². The Bertz CT molecular complexity index is 369. The number of hydrogen-bond acceptors (Lipinski definition) is 3. The van der Waals surface area contributed by atoms with Crippen molar-refractivity contribution in [3.63, 3.8) is 0 Å². The van der Waals surface area contributed by atoms with Gasteiger partial charge in [0.25, 0.3) is 0 Å². The third-order valence-electron chi connectivity index (χ3n) is 3.36. The summed E-state index contributed by atoms with van der Waals surface area (Å²) in [5, 5.41) is 9.10. The van der Waals surface area contributed by atoms with Gasteiger partial charge in [0, 0.05) is 20.1 Å². The number of amides is 2. The Kier molecular flexibility index (Phi) is 5.60. The second-order valence-corrected chi connectivity index (χ2v) is 4.99. The number of carbonyl (C=O) groups is 3. The van der Waals surface area contributed by atoms with Crippen LogP contribution >= 0.6 is 11.6 Å². The molecule has 7 heteroatoms. The number of hydrogen-bond donors (Lipinski definition) is 1. The van der Waals surface area contributed by atoms with Crippen LogP contribution in [0.4, 0.5) is 0 Å². The van der Waals surface area contributed by atoms with Gasteiger partial charge >= 0.3 is 5.97 Å². The lowest BCUT2D eigenvalue weighted by molar-refractivity contribution is -0.155. The SMILES string of the molecule is CCC[C@@H](C(=O)O)N(C)C(=O)C1CN(C(=O)CCl)C1. The molecule has 0 radical (unpaired) electrons. The number of rotatable bonds is 6. The fraction of sp³-hybridized carbons (Fsp3) is 0.750. The summed E-state index contributed by atoms with van der Waals surface area (Å²) in [6, 6.07) is -0.796. The number of carboxylic acid groups (broad SMARTS) is 1. The van der Waals surface area contributed by atoms with E-state index in [2.05, 4.69) is 0 Å². The number of likely N-dealkylation sites (N-methyl/N-ethyl adjacent to an activating group) is 1. The molecule has 1 saturated heterocycles. The first-order chi connectivity index (χ1) is 8.92. The molecular weight excluding hydrogens is 272 g/mol. The lowest BCUT2D eigenvalue weighted by atomic mass is 9.97. The van der Waals surface area contributed by atoms with Crippen molar-refractivity contribution in [2.75, 3.05) is 26.0 Å². The smallest absolute Gasteiger partial charge is 0.326 e. The standard InChI is InChI=1S/C12H19ClN2O4/c1-3-4-9(12(18)19)14(2)11(17)8-6-15(7-8)10(16)5-13/h8-9H,3-7H2,1-2H3,(H,18,19)/t9-/m0/s1. The van der Waals surface area contributed by atoms with Gasteiger partial charge in [-0.05, 0) is 6.42 Å². The Balaban J connectivity index is 2.54. The van der Waals surface area contributed by atoms with Crippen molar-refractivity contribution in [3.05, 3.63) is 0 Å². The molecule has 0 saturated carbocycles. The molecule has 1 aliphatic rings. The average molecular weight is 291 g/mol. The van der Waals surface area contributed by atoms with E-state index in [-0.39, 0.29) is 23.6 Å². The average Bonchev–Trinajstić information content (AvgIpc) is 2.32. The molecule has 0 aromatic carbocycles. The van der Waals surface area contributed by atoms with E-state index >= 15 is 0 Å². The van der Waals surface area contributed by atoms with Crippen molar-refractivity contribution in [1.82, 2.24) is 9.80 Å². The molecule has 1 N–H and O–H groups in total. The number of carbonyl (C=O) groups excluding carboxylic acids is 2. The molecule has 108 valence electrons. The van der Waals surface area contributed by atoms with Crippen LogP contribution in [0, 0.1) is 5.92 Å². The molecule has 0 unspecified atom stereocenters. The highest BCUT2D eigenvalue weighted by Crippen LogP contribution is 2.20. The summed E-state index contributed by atoms with van der Waals surface area (Å²) < 4.78 is 0. The van der Waals surface area contributed by atoms with Crippen molar-refractivity contribution in [2.24, 2.45) is 5.92 Å². The fourth-order valence-corrected chi connectivity index (χ4v) is 2.29. The molecule has 0 aromatic rings. The van der Waals surface area contributed by atoms with E-state index in [0.717, 1.165) is 0 Å². The van der Waals surface area contributed by atoms with Crippen molar-refractivity contribution < 1.29 is 19.5 Å². The van der Waals surface area contributed by atoms with Crippen LogP contribution in [0.25, 0.3) is 0 Å². The largest absolute Gasteiger partial charge is 0.480 e. The number of aliphatic carboxylic acids is 1. The van der Waals surface area contributed by atoms with Gasteiger partial charge < -0.3 is 14.9 Å². The van der Waals surface area contributed by atoms with Gasteiger partial charge in [-0.2, -0.15) is 0 Å². The summed E-state index contributed by atoms with van der Waals surface area (Å²) >= 11 is 5.42. The van der Waals surface area contributed by atoms with E-state index < -0.39 is 12.0 Å². The molecular formula is C12H19ClN2O4. The molecule has 1 heterocycles. The van der Waals surface area contributed by atoms with Gasteiger partial charge in [0.15, 0.2) is 0 Å². The maximum absolute atomic E-state index is 12.1. The number of halogens is 1. The topological polar surface area (TPSA) is 77.9 Å². The second kappa shape index (κ2) is 6.75. The Hall–Kier alpha value is -1.30. The highest BCUT2D eigenvalue weighted by molar-refractivity contribution is 6.27. The summed E-state index contributed by atoms with van der Waals surface area (Å²) in [7, 11) is 1.50. The van der Waals surface area contributed by atoms with Crippen LogP contribution in [-0.2, 0) is 14.4 Å². The van der Waals surface area contributed by atoms with Gasteiger partial charge in [0.1, 0.15) is 11.9 Å². The summed E-state index contributed by atoms with van der Waals surface area (Å²) in [5.74, 6) is -1.82. The molecule has 1 atom stereocenters. The molecule has 1 fully saturated rings. The maximum atomic E-state index is 12.1. The minimum absolute atomic E-state index is 0.0929. The van der Waals surface area contributed by atoms with Crippen LogP contribution in [0.3, 0.4) is 0 Å². The summed E-state index contributed by atoms with van der Waals surface area (Å²) in [5.41, 5.74) is 0. The first kappa shape index (κ1) is 15.8. The molecule has 19 heavy (non-hydrogen) atoms. The highest BCUT2D eigenvalue weighted by atomic mass is 35.5. The van der Waals surface area contributed by atoms with E-state index in [9.17, 15) is 14.4 Å². The third-order valence-corrected chi connectivity index (χ3v) is 3.59. The van der Waals surface area contributed by atoms with Crippen molar-refractivity contribution in [3.8, 4) is 0 Å². The van der Waals surface area contributed by atoms with Gasteiger partial charge in [-0.1, -0.05) is 13.3 Å². The van der Waals surface area contributed by atoms with Crippen LogP contribution < -0.4 is 0 Å². The normalized spacial score (nSPS) is 16.7. The minimum atomic E-state index is -0.995. The zero-order chi connectivity index (χ0) is 14.6. The molecule has 2 amide bonds. The van der Waals surface area contributed by atoms with Crippen LogP contribution in [0.15, 0.2) is 0 Å². The van der Waals surface area contributed by atoms with Gasteiger partial charge in [-0.15, -0.1) is 11.6 Å². The number of carboxylic acids is 1. The van der Waals surface area contributed by atoms with Gasteiger partial charge in [0.05, 0.1) is 5.92 Å². The Labute approximate surface area is 117 Å². The van der Waals surface area contributed by atoms with E-state index in [4.69, 9.17) is 16.7 Å². The maximum Gasteiger partial charge on any atom is 0.326 e. The quantitative estimate of drug-likeness (QED) is 0.718. The zero-order valence-corrected chi connectivity index (χ0v) is 11.9. The molecule has 0 aliphatic carbocycles. The summed E-state index contributed by atoms with van der Waals surface area (Å²) in [4.78, 5) is 37.2. The lowest BCUT2D eigenvalue weighted by Crippen LogP contribution is -2.58. The predicted molar refractivity (Wildman–Crippen MR) is 69.9 cm³/mol. The predicted octanol–water partition coefficient (Wildman–Crippen LogP) is 0.395. The molecule has 0 aromatic heterocycles. The van der Waals surface area contributed by atoms with Crippen molar-refractivity contribution in [2.45, 2.75) is 25.8 Å². The number of likely N-dealkylation sites (tertiary alicyclic amines) is 1. The van der Waals surface area contributed by atoms with Gasteiger partial charge in [0.2, 0.25) is 11.8 Å². The van der Waals surface area contributed by atoms with Gasteiger partial charge in [-0.25, -0.2) is 4.79 Å². The van der Waals surface area contributed by atoms with Crippen LogP contribution in [0.5, 0.6) is 0 Å². The Morgan fingerprint density at radius 2 is 2.00 bits per heavy atom. The van der Waals surface area contributed by atoms with E-state index in [1.165, 1.54) is 16.8 Å². The van der Waals surface area contributed by atoms with Crippen LogP contribution in [-0.4, -0.2) is 64.7 Å². The minimum Gasteiger partial charge on any atom is -0.480 e. The molecule has 0 spiro atoms. The first-order valence-electron chi connectivity index (χ1n) is 6.25. The second-order valence-electron chi connectivity index (χ2n) is 4.72. The summed E-state index contributed by atoms with van der Waals surface area (Å²) in [6.07, 6.45) is 1.12. The third kappa shape index (κ3) is 3.59. The van der Waals surface area contributed by atoms with E-state index in [1.54, 1.807) is 0 Å². The molecule has 1 rings (SSSR count). The first-order valence-corrected chi connectivity index (χ1v) is 6.79. The van der Waals surface area contributed by atoms with Crippen LogP contribution in [0.2, 0.25) is 0 Å². The lowest BCUT2D eigenvalue weighted by Gasteiger charge is -2.40. The number of nitrogens with zero attached hydrogens (tertiary/aromatic N) is 2. The number of alkyl halides is 1. The van der Waals surface area contributed by atoms with Gasteiger partial charge in [-0.3, -0.25) is 9.59 Å². The highest BCUT2D eigenvalue weighted by Gasteiger charge is 2.39. The zero-order valence-electron chi connectivity index (χ0n) is 11.1. The Morgan fingerprint density at radius 3 is 2.42 bits per heavy atom. The fourth-order valence-electron chi connectivity index (χ4n) is 2.12. The monoisotopic (exact) mass is 290 g/mol. The molecule has 6 nitrogen and oxygen atoms in total. The Morgan fingerprint density at radius 1 is 1.42 bits per heavy atom. The van der Waals surface area contributed by atoms with E-state index in [1.807, 2.05) is 6.92 Å². The molecule has 1 aliphatic heterocycles. The van der Waals surface area contributed by atoms with Crippen LogP contribution in [0.1, 0.15) is 19.8 Å². The summed E-state index contributed by atoms with van der Waals surface area (Å²) in [6.45, 7) is 2.53.